The topological polar surface area (TPSA) is 95.6 Å². The highest BCUT2D eigenvalue weighted by Gasteiger charge is 2.15. The Morgan fingerprint density at radius 2 is 2.12 bits per heavy atom. The van der Waals surface area contributed by atoms with Crippen LogP contribution >= 0.6 is 0 Å². The minimum atomic E-state index is -0.638. The number of hydrogen-bond donors (Lipinski definition) is 1. The van der Waals surface area contributed by atoms with Gasteiger partial charge in [0.05, 0.1) is 19.9 Å². The van der Waals surface area contributed by atoms with Gasteiger partial charge in [0.1, 0.15) is 18.0 Å². The smallest absolute Gasteiger partial charge is 0.421 e. The van der Waals surface area contributed by atoms with Crippen LogP contribution in [0.4, 0.5) is 5.69 Å². The van der Waals surface area contributed by atoms with Crippen LogP contribution in [0.5, 0.6) is 11.5 Å². The number of nitrogens with zero attached hydrogens (tertiary/aromatic N) is 2. The van der Waals surface area contributed by atoms with Crippen molar-refractivity contribution in [1.29, 1.82) is 0 Å². The lowest BCUT2D eigenvalue weighted by Gasteiger charge is -2.11. The Morgan fingerprint density at radius 1 is 1.29 bits per heavy atom. The van der Waals surface area contributed by atoms with Crippen molar-refractivity contribution in [1.82, 2.24) is 9.55 Å². The second-order valence-corrected chi connectivity index (χ2v) is 4.89. The second kappa shape index (κ2) is 6.45. The Labute approximate surface area is 136 Å². The first-order chi connectivity index (χ1) is 11.6. The van der Waals surface area contributed by atoms with Gasteiger partial charge in [-0.15, -0.1) is 0 Å². The molecule has 0 aliphatic rings. The number of methoxy groups -OCH3 is 2. The molecule has 1 aromatic carbocycles. The molecule has 24 heavy (non-hydrogen) atoms. The lowest BCUT2D eigenvalue weighted by Crippen LogP contribution is -2.25. The average molecular weight is 329 g/mol. The van der Waals surface area contributed by atoms with E-state index < -0.39 is 11.7 Å². The zero-order chi connectivity index (χ0) is 17.1. The average Bonchev–Trinajstić information content (AvgIpc) is 2.91. The lowest BCUT2D eigenvalue weighted by atomic mass is 10.2. The minimum Gasteiger partial charge on any atom is -0.497 e. The number of oxazole rings is 1. The molecule has 0 saturated carbocycles. The van der Waals surface area contributed by atoms with E-state index in [0.29, 0.717) is 28.4 Å². The van der Waals surface area contributed by atoms with Crippen molar-refractivity contribution < 1.29 is 18.7 Å². The molecule has 0 aliphatic heterocycles. The highest BCUT2D eigenvalue weighted by Crippen LogP contribution is 2.29. The van der Waals surface area contributed by atoms with Crippen molar-refractivity contribution >= 4 is 22.8 Å². The Kier molecular flexibility index (Phi) is 4.19. The van der Waals surface area contributed by atoms with Gasteiger partial charge in [-0.3, -0.25) is 4.79 Å². The summed E-state index contributed by atoms with van der Waals surface area (Å²) in [4.78, 5) is 28.2. The number of nitrogens with one attached hydrogen (secondary N) is 1. The number of fused-ring (bicyclic) bond motifs is 1. The Hall–Kier alpha value is -3.29. The van der Waals surface area contributed by atoms with Crippen molar-refractivity contribution in [2.75, 3.05) is 19.5 Å². The van der Waals surface area contributed by atoms with Crippen LogP contribution < -0.4 is 20.5 Å². The summed E-state index contributed by atoms with van der Waals surface area (Å²) < 4.78 is 16.5. The quantitative estimate of drug-likeness (QED) is 0.764. The summed E-state index contributed by atoms with van der Waals surface area (Å²) in [5.74, 6) is 0.00536. The maximum absolute atomic E-state index is 12.3. The van der Waals surface area contributed by atoms with E-state index in [9.17, 15) is 9.59 Å². The molecule has 3 aromatic rings. The maximum atomic E-state index is 12.3. The van der Waals surface area contributed by atoms with Gasteiger partial charge >= 0.3 is 5.76 Å². The molecule has 1 amide bonds. The molecule has 0 atom stereocenters. The molecule has 2 heterocycles. The molecule has 1 N–H and O–H groups in total. The molecule has 8 nitrogen and oxygen atoms in total. The SMILES string of the molecule is COc1ccc(NC(=O)Cn2c(=O)oc3cccnc32)c(OC)c1. The van der Waals surface area contributed by atoms with Crippen LogP contribution in [0.15, 0.2) is 45.7 Å². The molecule has 0 radical (unpaired) electrons. The van der Waals surface area contributed by atoms with E-state index in [2.05, 4.69) is 10.3 Å². The monoisotopic (exact) mass is 329 g/mol. The van der Waals surface area contributed by atoms with E-state index in [4.69, 9.17) is 13.9 Å². The predicted octanol–water partition coefficient (Wildman–Crippen LogP) is 1.65. The molecule has 3 rings (SSSR count). The molecule has 0 aliphatic carbocycles. The Morgan fingerprint density at radius 3 is 2.88 bits per heavy atom. The second-order valence-electron chi connectivity index (χ2n) is 4.89. The number of hydrogen-bond acceptors (Lipinski definition) is 6. The van der Waals surface area contributed by atoms with Crippen molar-refractivity contribution in [3.63, 3.8) is 0 Å². The number of carbonyl (C=O) groups is 1. The summed E-state index contributed by atoms with van der Waals surface area (Å²) in [6, 6.07) is 8.27. The third kappa shape index (κ3) is 2.94. The molecule has 124 valence electrons. The van der Waals surface area contributed by atoms with Crippen LogP contribution in [-0.2, 0) is 11.3 Å². The summed E-state index contributed by atoms with van der Waals surface area (Å²) in [6.07, 6.45) is 1.53. The number of anilines is 1. The van der Waals surface area contributed by atoms with Gasteiger partial charge in [-0.05, 0) is 24.3 Å². The first-order valence-corrected chi connectivity index (χ1v) is 7.08. The predicted molar refractivity (Wildman–Crippen MR) is 86.4 cm³/mol. The highest BCUT2D eigenvalue weighted by atomic mass is 16.5. The fourth-order valence-electron chi connectivity index (χ4n) is 2.27. The van der Waals surface area contributed by atoms with Gasteiger partial charge in [0.2, 0.25) is 5.91 Å². The number of benzene rings is 1. The molecular formula is C16H15N3O5. The molecule has 0 spiro atoms. The van der Waals surface area contributed by atoms with Crippen LogP contribution in [0.25, 0.3) is 11.2 Å². The van der Waals surface area contributed by atoms with E-state index in [1.165, 1.54) is 25.0 Å². The molecule has 8 heteroatoms. The van der Waals surface area contributed by atoms with Gasteiger partial charge < -0.3 is 19.2 Å². The summed E-state index contributed by atoms with van der Waals surface area (Å²) >= 11 is 0. The third-order valence-corrected chi connectivity index (χ3v) is 3.41. The standard InChI is InChI=1S/C16H15N3O5/c1-22-10-5-6-11(13(8-10)23-2)18-14(20)9-19-15-12(24-16(19)21)4-3-7-17-15/h3-8H,9H2,1-2H3,(H,18,20). The number of pyridine rings is 1. The maximum Gasteiger partial charge on any atom is 0.421 e. The number of aromatic nitrogens is 2. The number of ether oxygens (including phenoxy) is 2. The first-order valence-electron chi connectivity index (χ1n) is 7.08. The fourth-order valence-corrected chi connectivity index (χ4v) is 2.27. The number of carbonyl (C=O) groups excluding carboxylic acids is 1. The third-order valence-electron chi connectivity index (χ3n) is 3.41. The van der Waals surface area contributed by atoms with E-state index in [1.54, 1.807) is 30.3 Å². The van der Waals surface area contributed by atoms with Crippen molar-refractivity contribution in [2.24, 2.45) is 0 Å². The van der Waals surface area contributed by atoms with E-state index in [1.807, 2.05) is 0 Å². The minimum absolute atomic E-state index is 0.224. The van der Waals surface area contributed by atoms with Crippen molar-refractivity contribution in [3.05, 3.63) is 47.1 Å². The van der Waals surface area contributed by atoms with Crippen LogP contribution in [-0.4, -0.2) is 29.7 Å². The summed E-state index contributed by atoms with van der Waals surface area (Å²) in [7, 11) is 3.03. The van der Waals surface area contributed by atoms with E-state index >= 15 is 0 Å². The number of rotatable bonds is 5. The van der Waals surface area contributed by atoms with Gasteiger partial charge in [-0.2, -0.15) is 0 Å². The van der Waals surface area contributed by atoms with Gasteiger partial charge in [-0.1, -0.05) is 0 Å². The molecule has 0 bridgehead atoms. The van der Waals surface area contributed by atoms with Crippen molar-refractivity contribution in [2.45, 2.75) is 6.54 Å². The molecule has 0 fully saturated rings. The molecule has 2 aromatic heterocycles. The highest BCUT2D eigenvalue weighted by molar-refractivity contribution is 5.92. The zero-order valence-electron chi connectivity index (χ0n) is 13.1. The van der Waals surface area contributed by atoms with Gasteiger partial charge in [-0.25, -0.2) is 14.3 Å². The number of amides is 1. The molecule has 0 unspecified atom stereocenters. The van der Waals surface area contributed by atoms with E-state index in [0.717, 1.165) is 0 Å². The summed E-state index contributed by atoms with van der Waals surface area (Å²) in [6.45, 7) is -0.224. The Bertz CT molecular complexity index is 944. The lowest BCUT2D eigenvalue weighted by molar-refractivity contribution is -0.116. The van der Waals surface area contributed by atoms with Crippen LogP contribution in [0.1, 0.15) is 0 Å². The zero-order valence-corrected chi connectivity index (χ0v) is 13.1. The summed E-state index contributed by atoms with van der Waals surface area (Å²) in [5, 5.41) is 2.69. The normalized spacial score (nSPS) is 10.6. The van der Waals surface area contributed by atoms with Crippen LogP contribution in [0.2, 0.25) is 0 Å². The summed E-state index contributed by atoms with van der Waals surface area (Å²) in [5.41, 5.74) is 1.12. The van der Waals surface area contributed by atoms with Crippen molar-refractivity contribution in [3.8, 4) is 11.5 Å². The largest absolute Gasteiger partial charge is 0.497 e. The van der Waals surface area contributed by atoms with Gasteiger partial charge in [0, 0.05) is 12.3 Å². The molecular weight excluding hydrogens is 314 g/mol. The van der Waals surface area contributed by atoms with Crippen LogP contribution in [0, 0.1) is 0 Å². The Balaban J connectivity index is 1.83. The molecule has 0 saturated heterocycles. The first kappa shape index (κ1) is 15.6. The van der Waals surface area contributed by atoms with E-state index in [-0.39, 0.29) is 6.54 Å². The van der Waals surface area contributed by atoms with Gasteiger partial charge in [0.25, 0.3) is 0 Å². The van der Waals surface area contributed by atoms with Crippen LogP contribution in [0.3, 0.4) is 0 Å². The van der Waals surface area contributed by atoms with Gasteiger partial charge in [0.15, 0.2) is 11.2 Å². The fraction of sp³-hybridized carbons (Fsp3) is 0.188.